The molecule has 1 N–H and O–H groups in total. The minimum absolute atomic E-state index is 0.601. The first kappa shape index (κ1) is 11.8. The smallest absolute Gasteiger partial charge is 0.0480 e. The van der Waals surface area contributed by atoms with E-state index in [0.29, 0.717) is 11.8 Å². The lowest BCUT2D eigenvalue weighted by molar-refractivity contribution is 0.763. The van der Waals surface area contributed by atoms with E-state index in [9.17, 15) is 0 Å². The number of nitrogens with one attached hydrogen (secondary N) is 1. The summed E-state index contributed by atoms with van der Waals surface area (Å²) in [6.45, 7) is 6.82. The van der Waals surface area contributed by atoms with E-state index in [1.165, 1.54) is 28.5 Å². The van der Waals surface area contributed by atoms with Gasteiger partial charge in [-0.15, -0.1) is 0 Å². The van der Waals surface area contributed by atoms with Crippen molar-refractivity contribution >= 4 is 10.9 Å². The van der Waals surface area contributed by atoms with Crippen LogP contribution >= 0.6 is 0 Å². The Morgan fingerprint density at radius 2 is 2.17 bits per heavy atom. The Kier molecular flexibility index (Phi) is 2.90. The first-order valence-electron chi connectivity index (χ1n) is 6.96. The van der Waals surface area contributed by atoms with Crippen molar-refractivity contribution in [3.63, 3.8) is 0 Å². The third-order valence-electron chi connectivity index (χ3n) is 4.21. The van der Waals surface area contributed by atoms with Crippen molar-refractivity contribution in [3.8, 4) is 0 Å². The summed E-state index contributed by atoms with van der Waals surface area (Å²) in [6.07, 6.45) is 3.59. The lowest BCUT2D eigenvalue weighted by Crippen LogP contribution is -2.07. The minimum atomic E-state index is 0.601. The second kappa shape index (κ2) is 4.43. The number of hydrogen-bond donors (Lipinski definition) is 1. The highest BCUT2D eigenvalue weighted by atomic mass is 14.9. The molecule has 1 aliphatic heterocycles. The van der Waals surface area contributed by atoms with Gasteiger partial charge in [0.1, 0.15) is 0 Å². The number of rotatable bonds is 2. The standard InChI is InChI=1S/C16H22N2/c1-11(2)12-4-5-16-14(8-12)15(10-18(16)3)13-6-7-17-9-13/h4-5,8,10-11,13,17H,6-7,9H2,1-3H3. The van der Waals surface area contributed by atoms with Gasteiger partial charge in [-0.25, -0.2) is 0 Å². The summed E-state index contributed by atoms with van der Waals surface area (Å²) in [6, 6.07) is 6.94. The summed E-state index contributed by atoms with van der Waals surface area (Å²) in [7, 11) is 2.16. The molecule has 0 amide bonds. The fourth-order valence-electron chi connectivity index (χ4n) is 3.04. The van der Waals surface area contributed by atoms with Crippen LogP contribution in [0.2, 0.25) is 0 Å². The van der Waals surface area contributed by atoms with E-state index in [2.05, 4.69) is 55.2 Å². The van der Waals surface area contributed by atoms with E-state index in [1.54, 1.807) is 0 Å². The molecule has 96 valence electrons. The fraction of sp³-hybridized carbons (Fsp3) is 0.500. The molecule has 1 unspecified atom stereocenters. The molecule has 0 spiro atoms. The Labute approximate surface area is 109 Å². The molecule has 0 saturated carbocycles. The van der Waals surface area contributed by atoms with E-state index in [1.807, 2.05) is 0 Å². The van der Waals surface area contributed by atoms with Crippen LogP contribution in [0.25, 0.3) is 10.9 Å². The molecule has 1 fully saturated rings. The molecule has 1 saturated heterocycles. The van der Waals surface area contributed by atoms with Gasteiger partial charge in [-0.2, -0.15) is 0 Å². The molecule has 2 heterocycles. The molecule has 0 aliphatic carbocycles. The Morgan fingerprint density at radius 3 is 2.83 bits per heavy atom. The SMILES string of the molecule is CC(C)c1ccc2c(c1)c(C1CCNC1)cn2C. The maximum atomic E-state index is 3.47. The summed E-state index contributed by atoms with van der Waals surface area (Å²) in [4.78, 5) is 0. The highest BCUT2D eigenvalue weighted by Crippen LogP contribution is 2.32. The fourth-order valence-corrected chi connectivity index (χ4v) is 3.04. The summed E-state index contributed by atoms with van der Waals surface area (Å²) in [5.74, 6) is 1.29. The normalized spacial score (nSPS) is 20.1. The predicted octanol–water partition coefficient (Wildman–Crippen LogP) is 3.38. The molecule has 1 aliphatic rings. The van der Waals surface area contributed by atoms with Crippen LogP contribution < -0.4 is 5.32 Å². The first-order valence-corrected chi connectivity index (χ1v) is 6.96. The van der Waals surface area contributed by atoms with Crippen LogP contribution in [0.4, 0.5) is 0 Å². The van der Waals surface area contributed by atoms with Gasteiger partial charge in [0.2, 0.25) is 0 Å². The van der Waals surface area contributed by atoms with Crippen molar-refractivity contribution in [2.45, 2.75) is 32.1 Å². The van der Waals surface area contributed by atoms with Crippen molar-refractivity contribution in [1.82, 2.24) is 9.88 Å². The zero-order valence-electron chi connectivity index (χ0n) is 11.5. The van der Waals surface area contributed by atoms with Crippen molar-refractivity contribution < 1.29 is 0 Å². The van der Waals surface area contributed by atoms with E-state index in [0.717, 1.165) is 13.1 Å². The minimum Gasteiger partial charge on any atom is -0.350 e. The van der Waals surface area contributed by atoms with Gasteiger partial charge < -0.3 is 9.88 Å². The molecule has 2 nitrogen and oxygen atoms in total. The average Bonchev–Trinajstić information content (AvgIpc) is 2.97. The van der Waals surface area contributed by atoms with Gasteiger partial charge in [0.15, 0.2) is 0 Å². The monoisotopic (exact) mass is 242 g/mol. The quantitative estimate of drug-likeness (QED) is 0.854. The molecule has 1 aromatic heterocycles. The zero-order valence-corrected chi connectivity index (χ0v) is 11.5. The van der Waals surface area contributed by atoms with Gasteiger partial charge in [-0.1, -0.05) is 19.9 Å². The van der Waals surface area contributed by atoms with Crippen LogP contribution in [0.15, 0.2) is 24.4 Å². The highest BCUT2D eigenvalue weighted by Gasteiger charge is 2.21. The van der Waals surface area contributed by atoms with Crippen molar-refractivity contribution in [2.24, 2.45) is 7.05 Å². The molecular formula is C16H22N2. The van der Waals surface area contributed by atoms with Gasteiger partial charge in [-0.3, -0.25) is 0 Å². The van der Waals surface area contributed by atoms with Gasteiger partial charge in [0.25, 0.3) is 0 Å². The Balaban J connectivity index is 2.15. The Bertz CT molecular complexity index is 560. The molecule has 0 bridgehead atoms. The van der Waals surface area contributed by atoms with Crippen molar-refractivity contribution in [2.75, 3.05) is 13.1 Å². The highest BCUT2D eigenvalue weighted by molar-refractivity contribution is 5.85. The molecular weight excluding hydrogens is 220 g/mol. The second-order valence-corrected chi connectivity index (χ2v) is 5.82. The largest absolute Gasteiger partial charge is 0.350 e. The second-order valence-electron chi connectivity index (χ2n) is 5.82. The van der Waals surface area contributed by atoms with Crippen LogP contribution in [-0.4, -0.2) is 17.7 Å². The summed E-state index contributed by atoms with van der Waals surface area (Å²) < 4.78 is 2.27. The molecule has 0 radical (unpaired) electrons. The number of nitrogens with zero attached hydrogens (tertiary/aromatic N) is 1. The summed E-state index contributed by atoms with van der Waals surface area (Å²) in [5, 5.41) is 4.93. The van der Waals surface area contributed by atoms with Crippen molar-refractivity contribution in [3.05, 3.63) is 35.5 Å². The first-order chi connectivity index (χ1) is 8.66. The number of fused-ring (bicyclic) bond motifs is 1. The molecule has 18 heavy (non-hydrogen) atoms. The van der Waals surface area contributed by atoms with Gasteiger partial charge in [0.05, 0.1) is 0 Å². The van der Waals surface area contributed by atoms with Crippen LogP contribution in [0, 0.1) is 0 Å². The van der Waals surface area contributed by atoms with Gasteiger partial charge >= 0.3 is 0 Å². The summed E-state index contributed by atoms with van der Waals surface area (Å²) in [5.41, 5.74) is 4.34. The third-order valence-corrected chi connectivity index (χ3v) is 4.21. The predicted molar refractivity (Wildman–Crippen MR) is 77.2 cm³/mol. The van der Waals surface area contributed by atoms with E-state index in [4.69, 9.17) is 0 Å². The zero-order chi connectivity index (χ0) is 12.7. The maximum absolute atomic E-state index is 3.47. The molecule has 1 aromatic carbocycles. The topological polar surface area (TPSA) is 17.0 Å². The number of aromatic nitrogens is 1. The van der Waals surface area contributed by atoms with E-state index < -0.39 is 0 Å². The van der Waals surface area contributed by atoms with Crippen molar-refractivity contribution in [1.29, 1.82) is 0 Å². The summed E-state index contributed by atoms with van der Waals surface area (Å²) >= 11 is 0. The number of benzene rings is 1. The van der Waals surface area contributed by atoms with E-state index >= 15 is 0 Å². The molecule has 3 rings (SSSR count). The lowest BCUT2D eigenvalue weighted by Gasteiger charge is -2.09. The van der Waals surface area contributed by atoms with Crippen LogP contribution in [0.1, 0.15) is 43.2 Å². The Hall–Kier alpha value is -1.28. The average molecular weight is 242 g/mol. The van der Waals surface area contributed by atoms with Gasteiger partial charge in [0, 0.05) is 30.7 Å². The maximum Gasteiger partial charge on any atom is 0.0480 e. The molecule has 1 atom stereocenters. The number of aryl methyl sites for hydroxylation is 1. The number of hydrogen-bond acceptors (Lipinski definition) is 1. The lowest BCUT2D eigenvalue weighted by atomic mass is 9.95. The molecule has 2 heteroatoms. The van der Waals surface area contributed by atoms with Gasteiger partial charge in [-0.05, 0) is 48.1 Å². The third kappa shape index (κ3) is 1.85. The van der Waals surface area contributed by atoms with Crippen LogP contribution in [0.5, 0.6) is 0 Å². The van der Waals surface area contributed by atoms with Crippen LogP contribution in [-0.2, 0) is 7.05 Å². The Morgan fingerprint density at radius 1 is 1.33 bits per heavy atom. The van der Waals surface area contributed by atoms with E-state index in [-0.39, 0.29) is 0 Å². The van der Waals surface area contributed by atoms with Crippen LogP contribution in [0.3, 0.4) is 0 Å². The molecule has 2 aromatic rings.